The second-order valence-corrected chi connectivity index (χ2v) is 5.77. The maximum absolute atomic E-state index is 11.6. The SMILES string of the molecule is CC(=O)Cn1c2ccc(Cl)cc2c2nc3ccccc3nc21. The lowest BCUT2D eigenvalue weighted by Crippen LogP contribution is -2.06. The molecule has 0 amide bonds. The summed E-state index contributed by atoms with van der Waals surface area (Å²) < 4.78 is 1.91. The summed E-state index contributed by atoms with van der Waals surface area (Å²) in [5, 5.41) is 1.56. The highest BCUT2D eigenvalue weighted by Gasteiger charge is 2.15. The van der Waals surface area contributed by atoms with E-state index < -0.39 is 0 Å². The summed E-state index contributed by atoms with van der Waals surface area (Å²) >= 11 is 6.13. The highest BCUT2D eigenvalue weighted by atomic mass is 35.5. The minimum absolute atomic E-state index is 0.0729. The molecule has 2 aromatic heterocycles. The van der Waals surface area contributed by atoms with E-state index in [9.17, 15) is 4.79 Å². The third kappa shape index (κ3) is 1.96. The van der Waals surface area contributed by atoms with Gasteiger partial charge in [0.2, 0.25) is 0 Å². The van der Waals surface area contributed by atoms with Crippen molar-refractivity contribution in [3.63, 3.8) is 0 Å². The zero-order valence-corrected chi connectivity index (χ0v) is 12.6. The van der Waals surface area contributed by atoms with Crippen LogP contribution in [0, 0.1) is 0 Å². The van der Waals surface area contributed by atoms with Crippen LogP contribution in [0.25, 0.3) is 33.1 Å². The summed E-state index contributed by atoms with van der Waals surface area (Å²) in [7, 11) is 0. The molecule has 4 nitrogen and oxygen atoms in total. The van der Waals surface area contributed by atoms with Gasteiger partial charge in [-0.25, -0.2) is 9.97 Å². The number of hydrogen-bond donors (Lipinski definition) is 0. The monoisotopic (exact) mass is 309 g/mol. The molecule has 108 valence electrons. The van der Waals surface area contributed by atoms with Gasteiger partial charge in [0.05, 0.1) is 23.1 Å². The van der Waals surface area contributed by atoms with Crippen LogP contribution in [-0.4, -0.2) is 20.3 Å². The molecule has 0 unspecified atom stereocenters. The molecule has 0 N–H and O–H groups in total. The van der Waals surface area contributed by atoms with Crippen molar-refractivity contribution in [1.82, 2.24) is 14.5 Å². The highest BCUT2D eigenvalue weighted by molar-refractivity contribution is 6.31. The minimum Gasteiger partial charge on any atom is -0.316 e. The van der Waals surface area contributed by atoms with E-state index in [0.717, 1.165) is 27.5 Å². The maximum atomic E-state index is 11.6. The molecule has 2 heterocycles. The van der Waals surface area contributed by atoms with Gasteiger partial charge in [-0.05, 0) is 37.3 Å². The van der Waals surface area contributed by atoms with E-state index in [1.165, 1.54) is 0 Å². The third-order valence-electron chi connectivity index (χ3n) is 3.69. The van der Waals surface area contributed by atoms with Crippen molar-refractivity contribution in [3.05, 3.63) is 47.5 Å². The standard InChI is InChI=1S/C17H12ClN3O/c1-10(22)9-21-15-7-6-11(18)8-12(15)16-17(21)20-14-5-3-2-4-13(14)19-16/h2-8H,9H2,1H3. The van der Waals surface area contributed by atoms with Crippen LogP contribution in [0.2, 0.25) is 5.02 Å². The number of para-hydroxylation sites is 2. The number of nitrogens with zero attached hydrogens (tertiary/aromatic N) is 3. The fraction of sp³-hybridized carbons (Fsp3) is 0.118. The van der Waals surface area contributed by atoms with Gasteiger partial charge in [-0.1, -0.05) is 23.7 Å². The van der Waals surface area contributed by atoms with Gasteiger partial charge in [-0.3, -0.25) is 4.79 Å². The molecule has 22 heavy (non-hydrogen) atoms. The van der Waals surface area contributed by atoms with E-state index in [-0.39, 0.29) is 12.3 Å². The summed E-state index contributed by atoms with van der Waals surface area (Å²) in [5.41, 5.74) is 4.05. The van der Waals surface area contributed by atoms with E-state index in [1.54, 1.807) is 6.92 Å². The van der Waals surface area contributed by atoms with Crippen molar-refractivity contribution in [2.75, 3.05) is 0 Å². The van der Waals surface area contributed by atoms with Gasteiger partial charge in [0.1, 0.15) is 11.3 Å². The Morgan fingerprint density at radius 2 is 1.86 bits per heavy atom. The van der Waals surface area contributed by atoms with Gasteiger partial charge in [0.15, 0.2) is 5.65 Å². The van der Waals surface area contributed by atoms with E-state index in [2.05, 4.69) is 0 Å². The number of carbonyl (C=O) groups is 1. The van der Waals surface area contributed by atoms with Crippen molar-refractivity contribution in [1.29, 1.82) is 0 Å². The van der Waals surface area contributed by atoms with Crippen LogP contribution in [0.15, 0.2) is 42.5 Å². The van der Waals surface area contributed by atoms with Crippen molar-refractivity contribution < 1.29 is 4.79 Å². The second kappa shape index (κ2) is 4.78. The number of halogens is 1. The van der Waals surface area contributed by atoms with Crippen molar-refractivity contribution in [2.24, 2.45) is 0 Å². The summed E-state index contributed by atoms with van der Waals surface area (Å²) in [6.45, 7) is 1.84. The predicted octanol–water partition coefficient (Wildman–Crippen LogP) is 3.98. The van der Waals surface area contributed by atoms with Crippen LogP contribution in [0.5, 0.6) is 0 Å². The van der Waals surface area contributed by atoms with E-state index >= 15 is 0 Å². The fourth-order valence-corrected chi connectivity index (χ4v) is 2.96. The molecule has 0 atom stereocenters. The molecule has 0 aliphatic carbocycles. The predicted molar refractivity (Wildman–Crippen MR) is 88.2 cm³/mol. The highest BCUT2D eigenvalue weighted by Crippen LogP contribution is 2.30. The fourth-order valence-electron chi connectivity index (χ4n) is 2.79. The first-order chi connectivity index (χ1) is 10.6. The van der Waals surface area contributed by atoms with Gasteiger partial charge < -0.3 is 4.57 Å². The second-order valence-electron chi connectivity index (χ2n) is 5.33. The number of aromatic nitrogens is 3. The van der Waals surface area contributed by atoms with Crippen molar-refractivity contribution in [3.8, 4) is 0 Å². The smallest absolute Gasteiger partial charge is 0.160 e. The lowest BCUT2D eigenvalue weighted by atomic mass is 10.2. The number of rotatable bonds is 2. The zero-order chi connectivity index (χ0) is 15.3. The topological polar surface area (TPSA) is 47.8 Å². The van der Waals surface area contributed by atoms with Gasteiger partial charge in [-0.15, -0.1) is 0 Å². The number of ketones is 1. The largest absolute Gasteiger partial charge is 0.316 e. The molecule has 2 aromatic carbocycles. The summed E-state index contributed by atoms with van der Waals surface area (Å²) in [4.78, 5) is 21.1. The maximum Gasteiger partial charge on any atom is 0.160 e. The molecular weight excluding hydrogens is 298 g/mol. The normalized spacial score (nSPS) is 11.5. The molecular formula is C17H12ClN3O. The van der Waals surface area contributed by atoms with Gasteiger partial charge in [0.25, 0.3) is 0 Å². The first kappa shape index (κ1) is 13.2. The lowest BCUT2D eigenvalue weighted by molar-refractivity contribution is -0.117. The molecule has 0 aliphatic heterocycles. The molecule has 5 heteroatoms. The van der Waals surface area contributed by atoms with Crippen LogP contribution < -0.4 is 0 Å². The third-order valence-corrected chi connectivity index (χ3v) is 3.93. The Balaban J connectivity index is 2.20. The van der Waals surface area contributed by atoms with E-state index in [0.29, 0.717) is 10.7 Å². The average molecular weight is 310 g/mol. The first-order valence-electron chi connectivity index (χ1n) is 6.97. The molecule has 0 saturated heterocycles. The van der Waals surface area contributed by atoms with Gasteiger partial charge in [0, 0.05) is 10.4 Å². The van der Waals surface area contributed by atoms with Crippen LogP contribution in [-0.2, 0) is 11.3 Å². The quantitative estimate of drug-likeness (QED) is 0.562. The Morgan fingerprint density at radius 3 is 2.59 bits per heavy atom. The van der Waals surface area contributed by atoms with Crippen LogP contribution in [0.4, 0.5) is 0 Å². The summed E-state index contributed by atoms with van der Waals surface area (Å²) in [6, 6.07) is 13.3. The molecule has 0 radical (unpaired) electrons. The van der Waals surface area contributed by atoms with Crippen molar-refractivity contribution in [2.45, 2.75) is 13.5 Å². The average Bonchev–Trinajstić information content (AvgIpc) is 2.78. The molecule has 0 spiro atoms. The van der Waals surface area contributed by atoms with Gasteiger partial charge in [-0.2, -0.15) is 0 Å². The minimum atomic E-state index is 0.0729. The number of Topliss-reactive ketones (excluding diaryl/α,β-unsaturated/α-hetero) is 1. The van der Waals surface area contributed by atoms with Crippen LogP contribution in [0.1, 0.15) is 6.92 Å². The molecule has 0 saturated carbocycles. The first-order valence-corrected chi connectivity index (χ1v) is 7.35. The summed E-state index contributed by atoms with van der Waals surface area (Å²) in [5.74, 6) is 0.0729. The number of carbonyl (C=O) groups excluding carboxylic acids is 1. The Morgan fingerprint density at radius 1 is 1.14 bits per heavy atom. The van der Waals surface area contributed by atoms with Crippen molar-refractivity contribution >= 4 is 50.5 Å². The number of benzene rings is 2. The lowest BCUT2D eigenvalue weighted by Gasteiger charge is -2.04. The Labute approximate surface area is 131 Å². The zero-order valence-electron chi connectivity index (χ0n) is 11.9. The van der Waals surface area contributed by atoms with Crippen LogP contribution >= 0.6 is 11.6 Å². The van der Waals surface area contributed by atoms with E-state index in [4.69, 9.17) is 21.6 Å². The summed E-state index contributed by atoms with van der Waals surface area (Å²) in [6.07, 6.45) is 0. The molecule has 0 fully saturated rings. The molecule has 0 bridgehead atoms. The van der Waals surface area contributed by atoms with Crippen LogP contribution in [0.3, 0.4) is 0 Å². The van der Waals surface area contributed by atoms with Gasteiger partial charge >= 0.3 is 0 Å². The van der Waals surface area contributed by atoms with E-state index in [1.807, 2.05) is 47.0 Å². The molecule has 0 aliphatic rings. The Kier molecular flexibility index (Phi) is 2.87. The Hall–Kier alpha value is -2.46. The Bertz CT molecular complexity index is 1050. The molecule has 4 aromatic rings. The molecule has 4 rings (SSSR count). The number of hydrogen-bond acceptors (Lipinski definition) is 3. The number of fused-ring (bicyclic) bond motifs is 4.